The Morgan fingerprint density at radius 2 is 1.71 bits per heavy atom. The van der Waals surface area contributed by atoms with E-state index in [0.29, 0.717) is 22.7 Å². The highest BCUT2D eigenvalue weighted by Crippen LogP contribution is 2.37. The van der Waals surface area contributed by atoms with Crippen LogP contribution in [0.5, 0.6) is 5.75 Å². The number of halogens is 3. The third kappa shape index (κ3) is 5.52. The van der Waals surface area contributed by atoms with E-state index in [2.05, 4.69) is 21.2 Å². The van der Waals surface area contributed by atoms with Gasteiger partial charge in [0.25, 0.3) is 11.8 Å². The zero-order chi connectivity index (χ0) is 24.2. The number of nitrogens with one attached hydrogen (secondary N) is 2. The Morgan fingerprint density at radius 1 is 1.06 bits per heavy atom. The van der Waals surface area contributed by atoms with Crippen LogP contribution in [-0.4, -0.2) is 23.6 Å². The first-order valence-corrected chi connectivity index (χ1v) is 11.5. The average molecular weight is 544 g/mol. The van der Waals surface area contributed by atoms with Crippen molar-refractivity contribution in [2.45, 2.75) is 0 Å². The summed E-state index contributed by atoms with van der Waals surface area (Å²) in [6, 6.07) is 15.7. The molecular formula is C24H16BrF2N3O3S. The molecule has 3 aromatic carbocycles. The second kappa shape index (κ2) is 10.2. The number of nitrogens with zero attached hydrogens (tertiary/aromatic N) is 1. The normalized spacial score (nSPS) is 14.6. The molecule has 1 fully saturated rings. The van der Waals surface area contributed by atoms with Crippen molar-refractivity contribution in [1.82, 2.24) is 0 Å². The Labute approximate surface area is 206 Å². The number of rotatable bonds is 6. The lowest BCUT2D eigenvalue weighted by Gasteiger charge is -2.14. The van der Waals surface area contributed by atoms with Gasteiger partial charge in [-0.15, -0.1) is 0 Å². The van der Waals surface area contributed by atoms with Gasteiger partial charge in [0.15, 0.2) is 11.8 Å². The lowest BCUT2D eigenvalue weighted by atomic mass is 10.2. The Bertz CT molecular complexity index is 1300. The number of hydrogen-bond acceptors (Lipinski definition) is 5. The fraction of sp³-hybridized carbons (Fsp3) is 0.0417. The maximum atomic E-state index is 13.2. The zero-order valence-electron chi connectivity index (χ0n) is 17.3. The lowest BCUT2D eigenvalue weighted by Crippen LogP contribution is -2.28. The van der Waals surface area contributed by atoms with Crippen molar-refractivity contribution in [2.24, 2.45) is 0 Å². The van der Waals surface area contributed by atoms with Crippen molar-refractivity contribution in [3.05, 3.63) is 93.3 Å². The average Bonchev–Trinajstić information content (AvgIpc) is 3.08. The van der Waals surface area contributed by atoms with Gasteiger partial charge >= 0.3 is 0 Å². The molecule has 1 saturated heterocycles. The van der Waals surface area contributed by atoms with Gasteiger partial charge in [-0.25, -0.2) is 8.78 Å². The van der Waals surface area contributed by atoms with Crippen molar-refractivity contribution < 1.29 is 23.1 Å². The van der Waals surface area contributed by atoms with Gasteiger partial charge in [0.1, 0.15) is 17.4 Å². The van der Waals surface area contributed by atoms with Crippen LogP contribution in [0.25, 0.3) is 6.08 Å². The summed E-state index contributed by atoms with van der Waals surface area (Å²) in [5, 5.41) is 10.8. The van der Waals surface area contributed by atoms with E-state index < -0.39 is 23.4 Å². The Hall–Kier alpha value is -3.50. The third-order valence-corrected chi connectivity index (χ3v) is 6.04. The van der Waals surface area contributed by atoms with Crippen molar-refractivity contribution in [2.75, 3.05) is 16.8 Å². The number of thioether (sulfide) groups is 1. The highest BCUT2D eigenvalue weighted by Gasteiger charge is 2.33. The van der Waals surface area contributed by atoms with Gasteiger partial charge in [-0.1, -0.05) is 15.9 Å². The molecule has 0 saturated carbocycles. The molecule has 0 bridgehead atoms. The van der Waals surface area contributed by atoms with E-state index >= 15 is 0 Å². The Balaban J connectivity index is 1.51. The molecule has 6 nitrogen and oxygen atoms in total. The van der Waals surface area contributed by atoms with E-state index in [1.807, 2.05) is 0 Å². The van der Waals surface area contributed by atoms with Crippen LogP contribution in [0, 0.1) is 17.0 Å². The highest BCUT2D eigenvalue weighted by atomic mass is 79.9. The van der Waals surface area contributed by atoms with Gasteiger partial charge in [0, 0.05) is 15.7 Å². The van der Waals surface area contributed by atoms with Crippen molar-refractivity contribution in [1.29, 1.82) is 5.41 Å². The van der Waals surface area contributed by atoms with E-state index in [-0.39, 0.29) is 16.7 Å². The van der Waals surface area contributed by atoms with Crippen LogP contribution in [0.2, 0.25) is 0 Å². The molecule has 34 heavy (non-hydrogen) atoms. The summed E-state index contributed by atoms with van der Waals surface area (Å²) in [6.07, 6.45) is 1.57. The number of anilines is 2. The second-order valence-electron chi connectivity index (χ2n) is 7.06. The van der Waals surface area contributed by atoms with Gasteiger partial charge < -0.3 is 10.1 Å². The first-order chi connectivity index (χ1) is 16.3. The van der Waals surface area contributed by atoms with Crippen molar-refractivity contribution >= 4 is 62.1 Å². The predicted octanol–water partition coefficient (Wildman–Crippen LogP) is 5.80. The maximum Gasteiger partial charge on any atom is 0.271 e. The summed E-state index contributed by atoms with van der Waals surface area (Å²) >= 11 is 4.35. The monoisotopic (exact) mass is 543 g/mol. The molecule has 0 aliphatic carbocycles. The highest BCUT2D eigenvalue weighted by molar-refractivity contribution is 9.10. The van der Waals surface area contributed by atoms with E-state index in [1.54, 1.807) is 24.3 Å². The van der Waals surface area contributed by atoms with E-state index in [9.17, 15) is 18.4 Å². The Morgan fingerprint density at radius 3 is 2.38 bits per heavy atom. The molecular weight excluding hydrogens is 528 g/mol. The minimum atomic E-state index is -0.441. The molecule has 3 aromatic rings. The summed E-state index contributed by atoms with van der Waals surface area (Å²) in [4.78, 5) is 26.6. The standard InChI is InChI=1S/C24H16BrF2N3O3S/c25-15-1-10-20(33-13-22(31)29-18-6-2-16(26)3-7-18)14(11-15)12-21-23(32)30(24(28)34-21)19-8-4-17(27)5-9-19/h1-12,28H,13H2,(H,29,31)/b21-12-,28-24?. The van der Waals surface area contributed by atoms with Crippen LogP contribution >= 0.6 is 27.7 Å². The largest absolute Gasteiger partial charge is 0.483 e. The van der Waals surface area contributed by atoms with Gasteiger partial charge in [-0.3, -0.25) is 19.9 Å². The topological polar surface area (TPSA) is 82.5 Å². The molecule has 0 aromatic heterocycles. The number of amides is 2. The summed E-state index contributed by atoms with van der Waals surface area (Å²) < 4.78 is 32.7. The molecule has 10 heteroatoms. The minimum Gasteiger partial charge on any atom is -0.483 e. The second-order valence-corrected chi connectivity index (χ2v) is 9.00. The summed E-state index contributed by atoms with van der Waals surface area (Å²) in [7, 11) is 0. The smallest absolute Gasteiger partial charge is 0.271 e. The third-order valence-electron chi connectivity index (χ3n) is 4.65. The molecule has 1 heterocycles. The number of benzene rings is 3. The van der Waals surface area contributed by atoms with Crippen LogP contribution in [-0.2, 0) is 9.59 Å². The summed E-state index contributed by atoms with van der Waals surface area (Å²) in [6.45, 7) is -0.312. The molecule has 0 atom stereocenters. The summed E-state index contributed by atoms with van der Waals surface area (Å²) in [5.74, 6) is -1.37. The molecule has 0 unspecified atom stereocenters. The molecule has 0 radical (unpaired) electrons. The molecule has 4 rings (SSSR count). The molecule has 0 spiro atoms. The van der Waals surface area contributed by atoms with Gasteiger partial charge in [-0.2, -0.15) is 0 Å². The molecule has 1 aliphatic rings. The quantitative estimate of drug-likeness (QED) is 0.385. The van der Waals surface area contributed by atoms with Crippen molar-refractivity contribution in [3.63, 3.8) is 0 Å². The molecule has 172 valence electrons. The first-order valence-electron chi connectivity index (χ1n) is 9.86. The van der Waals surface area contributed by atoms with E-state index in [4.69, 9.17) is 10.1 Å². The first kappa shape index (κ1) is 23.7. The summed E-state index contributed by atoms with van der Waals surface area (Å²) in [5.41, 5.74) is 1.34. The fourth-order valence-corrected chi connectivity index (χ4v) is 4.32. The van der Waals surface area contributed by atoms with Crippen LogP contribution < -0.4 is 15.0 Å². The number of carbonyl (C=O) groups is 2. The fourth-order valence-electron chi connectivity index (χ4n) is 3.09. The molecule has 2 amide bonds. The van der Waals surface area contributed by atoms with E-state index in [0.717, 1.165) is 16.2 Å². The molecule has 1 aliphatic heterocycles. The van der Waals surface area contributed by atoms with Gasteiger partial charge in [-0.05, 0) is 84.6 Å². The lowest BCUT2D eigenvalue weighted by molar-refractivity contribution is -0.118. The zero-order valence-corrected chi connectivity index (χ0v) is 19.8. The predicted molar refractivity (Wildman–Crippen MR) is 132 cm³/mol. The number of amidine groups is 1. The van der Waals surface area contributed by atoms with Gasteiger partial charge in [0.2, 0.25) is 0 Å². The number of hydrogen-bond donors (Lipinski definition) is 2. The van der Waals surface area contributed by atoms with Crippen LogP contribution in [0.15, 0.2) is 76.1 Å². The minimum absolute atomic E-state index is 0.0148. The molecule has 2 N–H and O–H groups in total. The van der Waals surface area contributed by atoms with Crippen molar-refractivity contribution in [3.8, 4) is 5.75 Å². The van der Waals surface area contributed by atoms with E-state index in [1.165, 1.54) is 53.4 Å². The Kier molecular flexibility index (Phi) is 7.09. The number of ether oxygens (including phenoxy) is 1. The van der Waals surface area contributed by atoms with Crippen LogP contribution in [0.3, 0.4) is 0 Å². The SMILES string of the molecule is N=C1S/C(=C\c2cc(Br)ccc2OCC(=O)Nc2ccc(F)cc2)C(=O)N1c1ccc(F)cc1. The van der Waals surface area contributed by atoms with Crippen LogP contribution in [0.1, 0.15) is 5.56 Å². The van der Waals surface area contributed by atoms with Gasteiger partial charge in [0.05, 0.1) is 10.6 Å². The number of carbonyl (C=O) groups excluding carboxylic acids is 2. The maximum absolute atomic E-state index is 13.2. The van der Waals surface area contributed by atoms with Crippen LogP contribution in [0.4, 0.5) is 20.2 Å².